The van der Waals surface area contributed by atoms with Gasteiger partial charge in [0.25, 0.3) is 0 Å². The molecule has 0 radical (unpaired) electrons. The summed E-state index contributed by atoms with van der Waals surface area (Å²) in [6.45, 7) is 3.85. The molecule has 21 heavy (non-hydrogen) atoms. The quantitative estimate of drug-likeness (QED) is 0.650. The number of benzene rings is 1. The fourth-order valence-corrected chi connectivity index (χ4v) is 1.94. The number of rotatable bonds is 5. The molecule has 6 heteroatoms. The SMILES string of the molecule is CN=C(NCCn1cccn1)NCc1ccc(F)c(C)c1. The van der Waals surface area contributed by atoms with Gasteiger partial charge in [-0.25, -0.2) is 4.39 Å². The first-order valence-corrected chi connectivity index (χ1v) is 6.86. The second kappa shape index (κ2) is 7.42. The van der Waals surface area contributed by atoms with Crippen LogP contribution in [0.15, 0.2) is 41.7 Å². The highest BCUT2D eigenvalue weighted by atomic mass is 19.1. The zero-order valence-electron chi connectivity index (χ0n) is 12.3. The number of halogens is 1. The van der Waals surface area contributed by atoms with Crippen molar-refractivity contribution < 1.29 is 4.39 Å². The Kier molecular flexibility index (Phi) is 5.31. The van der Waals surface area contributed by atoms with Gasteiger partial charge < -0.3 is 10.6 Å². The number of nitrogens with one attached hydrogen (secondary N) is 2. The Balaban J connectivity index is 1.78. The van der Waals surface area contributed by atoms with E-state index in [0.29, 0.717) is 18.1 Å². The molecule has 1 aromatic carbocycles. The number of aryl methyl sites for hydroxylation is 1. The smallest absolute Gasteiger partial charge is 0.191 e. The molecular weight excluding hydrogens is 269 g/mol. The van der Waals surface area contributed by atoms with Crippen molar-refractivity contribution in [2.24, 2.45) is 4.99 Å². The van der Waals surface area contributed by atoms with E-state index in [2.05, 4.69) is 20.7 Å². The van der Waals surface area contributed by atoms with Crippen LogP contribution in [-0.4, -0.2) is 29.3 Å². The van der Waals surface area contributed by atoms with Crippen LogP contribution in [0.4, 0.5) is 4.39 Å². The number of aliphatic imine (C=N–C) groups is 1. The van der Waals surface area contributed by atoms with E-state index >= 15 is 0 Å². The summed E-state index contributed by atoms with van der Waals surface area (Å²) in [6.07, 6.45) is 3.67. The summed E-state index contributed by atoms with van der Waals surface area (Å²) < 4.78 is 15.1. The van der Waals surface area contributed by atoms with E-state index in [-0.39, 0.29) is 5.82 Å². The van der Waals surface area contributed by atoms with Gasteiger partial charge in [-0.1, -0.05) is 12.1 Å². The fraction of sp³-hybridized carbons (Fsp3) is 0.333. The van der Waals surface area contributed by atoms with Gasteiger partial charge in [0, 0.05) is 32.5 Å². The van der Waals surface area contributed by atoms with Crippen LogP contribution in [0.5, 0.6) is 0 Å². The van der Waals surface area contributed by atoms with Crippen molar-refractivity contribution in [2.45, 2.75) is 20.0 Å². The first-order valence-electron chi connectivity index (χ1n) is 6.86. The molecule has 1 aromatic heterocycles. The summed E-state index contributed by atoms with van der Waals surface area (Å²) in [4.78, 5) is 4.15. The average molecular weight is 289 g/mol. The van der Waals surface area contributed by atoms with E-state index in [0.717, 1.165) is 18.7 Å². The molecule has 0 amide bonds. The maximum absolute atomic E-state index is 13.2. The summed E-state index contributed by atoms with van der Waals surface area (Å²) in [6, 6.07) is 6.98. The third-order valence-corrected chi connectivity index (χ3v) is 3.10. The van der Waals surface area contributed by atoms with E-state index in [1.165, 1.54) is 6.07 Å². The first-order chi connectivity index (χ1) is 10.2. The van der Waals surface area contributed by atoms with Crippen LogP contribution >= 0.6 is 0 Å². The number of hydrogen-bond acceptors (Lipinski definition) is 2. The minimum atomic E-state index is -0.180. The molecule has 0 atom stereocenters. The topological polar surface area (TPSA) is 54.2 Å². The molecule has 2 rings (SSSR count). The van der Waals surface area contributed by atoms with Crippen LogP contribution in [0, 0.1) is 12.7 Å². The van der Waals surface area contributed by atoms with Crippen LogP contribution < -0.4 is 10.6 Å². The molecular formula is C15H20FN5. The fourth-order valence-electron chi connectivity index (χ4n) is 1.94. The van der Waals surface area contributed by atoms with Gasteiger partial charge in [0.15, 0.2) is 5.96 Å². The molecule has 112 valence electrons. The van der Waals surface area contributed by atoms with Gasteiger partial charge in [0.2, 0.25) is 0 Å². The normalized spacial score (nSPS) is 11.5. The molecule has 0 saturated heterocycles. The van der Waals surface area contributed by atoms with Crippen molar-refractivity contribution in [1.29, 1.82) is 0 Å². The van der Waals surface area contributed by atoms with Crippen molar-refractivity contribution in [3.63, 3.8) is 0 Å². The van der Waals surface area contributed by atoms with Crippen LogP contribution in [-0.2, 0) is 13.1 Å². The average Bonchev–Trinajstić information content (AvgIpc) is 2.99. The monoisotopic (exact) mass is 289 g/mol. The predicted molar refractivity (Wildman–Crippen MR) is 81.6 cm³/mol. The number of nitrogens with zero attached hydrogens (tertiary/aromatic N) is 3. The van der Waals surface area contributed by atoms with E-state index in [4.69, 9.17) is 0 Å². The molecule has 0 saturated carbocycles. The minimum absolute atomic E-state index is 0.180. The molecule has 0 fully saturated rings. The van der Waals surface area contributed by atoms with Crippen molar-refractivity contribution in [2.75, 3.05) is 13.6 Å². The van der Waals surface area contributed by atoms with E-state index in [9.17, 15) is 4.39 Å². The van der Waals surface area contributed by atoms with E-state index in [1.54, 1.807) is 26.2 Å². The highest BCUT2D eigenvalue weighted by Crippen LogP contribution is 2.08. The van der Waals surface area contributed by atoms with Gasteiger partial charge in [-0.2, -0.15) is 5.10 Å². The zero-order valence-corrected chi connectivity index (χ0v) is 12.3. The third-order valence-electron chi connectivity index (χ3n) is 3.10. The second-order valence-corrected chi connectivity index (χ2v) is 4.71. The Morgan fingerprint density at radius 2 is 2.24 bits per heavy atom. The largest absolute Gasteiger partial charge is 0.355 e. The summed E-state index contributed by atoms with van der Waals surface area (Å²) >= 11 is 0. The Bertz CT molecular complexity index is 592. The standard InChI is InChI=1S/C15H20FN5/c1-12-10-13(4-5-14(12)16)11-19-15(17-2)18-7-9-21-8-3-6-20-21/h3-6,8,10H,7,9,11H2,1-2H3,(H2,17,18,19). The molecule has 0 spiro atoms. The van der Waals surface area contributed by atoms with Gasteiger partial charge in [-0.15, -0.1) is 0 Å². The molecule has 5 nitrogen and oxygen atoms in total. The van der Waals surface area contributed by atoms with Gasteiger partial charge in [-0.05, 0) is 30.2 Å². The van der Waals surface area contributed by atoms with Gasteiger partial charge in [0.1, 0.15) is 5.82 Å². The number of guanidine groups is 1. The van der Waals surface area contributed by atoms with Crippen molar-refractivity contribution >= 4 is 5.96 Å². The van der Waals surface area contributed by atoms with Crippen LogP contribution in [0.25, 0.3) is 0 Å². The molecule has 1 heterocycles. The van der Waals surface area contributed by atoms with Crippen molar-refractivity contribution in [3.8, 4) is 0 Å². The molecule has 2 aromatic rings. The van der Waals surface area contributed by atoms with Crippen molar-refractivity contribution in [3.05, 3.63) is 53.6 Å². The molecule has 0 aliphatic carbocycles. The third kappa shape index (κ3) is 4.59. The lowest BCUT2D eigenvalue weighted by Crippen LogP contribution is -2.38. The Labute approximate surface area is 123 Å². The van der Waals surface area contributed by atoms with E-state index in [1.807, 2.05) is 23.0 Å². The summed E-state index contributed by atoms with van der Waals surface area (Å²) in [5, 5.41) is 10.5. The molecule has 0 aliphatic rings. The Hall–Kier alpha value is -2.37. The Morgan fingerprint density at radius 1 is 1.38 bits per heavy atom. The second-order valence-electron chi connectivity index (χ2n) is 4.71. The van der Waals surface area contributed by atoms with Gasteiger partial charge >= 0.3 is 0 Å². The summed E-state index contributed by atoms with van der Waals surface area (Å²) in [5.41, 5.74) is 1.67. The Morgan fingerprint density at radius 3 is 2.90 bits per heavy atom. The molecule has 2 N–H and O–H groups in total. The van der Waals surface area contributed by atoms with Crippen molar-refractivity contribution in [1.82, 2.24) is 20.4 Å². The highest BCUT2D eigenvalue weighted by molar-refractivity contribution is 5.79. The molecule has 0 aliphatic heterocycles. The number of hydrogen-bond donors (Lipinski definition) is 2. The van der Waals surface area contributed by atoms with Gasteiger partial charge in [0.05, 0.1) is 6.54 Å². The van der Waals surface area contributed by atoms with E-state index < -0.39 is 0 Å². The molecule has 0 unspecified atom stereocenters. The van der Waals surface area contributed by atoms with Crippen LogP contribution in [0.1, 0.15) is 11.1 Å². The first kappa shape index (κ1) is 15.0. The van der Waals surface area contributed by atoms with Crippen LogP contribution in [0.3, 0.4) is 0 Å². The maximum Gasteiger partial charge on any atom is 0.191 e. The highest BCUT2D eigenvalue weighted by Gasteiger charge is 2.01. The summed E-state index contributed by atoms with van der Waals surface area (Å²) in [7, 11) is 1.72. The van der Waals surface area contributed by atoms with Gasteiger partial charge in [-0.3, -0.25) is 9.67 Å². The van der Waals surface area contributed by atoms with Crippen LogP contribution in [0.2, 0.25) is 0 Å². The lowest BCUT2D eigenvalue weighted by Gasteiger charge is -2.12. The zero-order chi connectivity index (χ0) is 15.1. The minimum Gasteiger partial charge on any atom is -0.355 e. The maximum atomic E-state index is 13.2. The molecule has 0 bridgehead atoms. The predicted octanol–water partition coefficient (Wildman–Crippen LogP) is 1.70. The number of aromatic nitrogens is 2. The summed E-state index contributed by atoms with van der Waals surface area (Å²) in [5.74, 6) is 0.532. The lowest BCUT2D eigenvalue weighted by atomic mass is 10.1. The lowest BCUT2D eigenvalue weighted by molar-refractivity contribution is 0.597.